The van der Waals surface area contributed by atoms with Gasteiger partial charge in [0, 0.05) is 62.2 Å². The maximum absolute atomic E-state index is 13.8. The van der Waals surface area contributed by atoms with Crippen LogP contribution in [0.25, 0.3) is 0 Å². The van der Waals surface area contributed by atoms with Gasteiger partial charge in [-0.15, -0.1) is 0 Å². The number of cyclic esters (lactones) is 1. The number of nitrogens with one attached hydrogen (secondary N) is 1. The van der Waals surface area contributed by atoms with Crippen molar-refractivity contribution < 1.29 is 63.3 Å². The number of ether oxygens (including phenoxy) is 5. The van der Waals surface area contributed by atoms with Crippen molar-refractivity contribution in [2.75, 3.05) is 14.2 Å². The first kappa shape index (κ1) is 48.3. The van der Waals surface area contributed by atoms with Gasteiger partial charge in [-0.05, 0) is 38.2 Å². The quantitative estimate of drug-likeness (QED) is 0.137. The van der Waals surface area contributed by atoms with Crippen LogP contribution >= 0.6 is 0 Å². The number of methoxy groups -OCH3 is 2. The van der Waals surface area contributed by atoms with Crippen molar-refractivity contribution in [2.45, 2.75) is 130 Å². The Morgan fingerprint density at radius 2 is 1.69 bits per heavy atom. The van der Waals surface area contributed by atoms with Gasteiger partial charge in [-0.2, -0.15) is 0 Å². The second-order valence-electron chi connectivity index (χ2n) is 16.5. The van der Waals surface area contributed by atoms with Gasteiger partial charge < -0.3 is 49.4 Å². The number of allylic oxidation sites excluding steroid dienone is 7. The fraction of sp³-hybridized carbons (Fsp3) is 0.636. The molecule has 0 spiro atoms. The summed E-state index contributed by atoms with van der Waals surface area (Å²) in [6, 6.07) is 0. The van der Waals surface area contributed by atoms with Crippen LogP contribution in [0.5, 0.6) is 0 Å². The summed E-state index contributed by atoms with van der Waals surface area (Å²) in [5.74, 6) is -8.33. The summed E-state index contributed by atoms with van der Waals surface area (Å²) < 4.78 is 30.0. The highest BCUT2D eigenvalue weighted by molar-refractivity contribution is 6.04. The minimum absolute atomic E-state index is 0.0490. The summed E-state index contributed by atoms with van der Waals surface area (Å²) in [4.78, 5) is 52.0. The van der Waals surface area contributed by atoms with E-state index < -0.39 is 77.9 Å². The second kappa shape index (κ2) is 21.3. The topological polar surface area (TPSA) is 207 Å². The molecule has 0 aromatic rings. The molecule has 1 saturated heterocycles. The normalized spacial score (nSPS) is 35.5. The molecule has 0 saturated carbocycles. The van der Waals surface area contributed by atoms with Crippen molar-refractivity contribution in [2.24, 2.45) is 35.5 Å². The van der Waals surface area contributed by atoms with Crippen LogP contribution in [0.4, 0.5) is 0 Å². The summed E-state index contributed by atoms with van der Waals surface area (Å²) in [6.07, 6.45) is 5.14. The van der Waals surface area contributed by atoms with Gasteiger partial charge in [-0.1, -0.05) is 83.9 Å². The number of esters is 2. The van der Waals surface area contributed by atoms with Crippen molar-refractivity contribution in [1.29, 1.82) is 0 Å². The minimum atomic E-state index is -1.94. The summed E-state index contributed by atoms with van der Waals surface area (Å²) in [7, 11) is 2.77. The van der Waals surface area contributed by atoms with Crippen molar-refractivity contribution in [3.8, 4) is 0 Å². The molecule has 0 aromatic carbocycles. The molecule has 58 heavy (non-hydrogen) atoms. The molecule has 1 amide bonds. The van der Waals surface area contributed by atoms with Crippen LogP contribution < -0.4 is 5.32 Å². The number of aliphatic hydroxyl groups excluding tert-OH is 4. The van der Waals surface area contributed by atoms with E-state index in [2.05, 4.69) is 5.32 Å². The van der Waals surface area contributed by atoms with Crippen LogP contribution in [-0.2, 0) is 42.9 Å². The first-order valence-electron chi connectivity index (χ1n) is 20.1. The van der Waals surface area contributed by atoms with Crippen LogP contribution in [0, 0.1) is 35.5 Å². The molecule has 1 aliphatic carbocycles. The fourth-order valence-electron chi connectivity index (χ4n) is 7.98. The zero-order valence-corrected chi connectivity index (χ0v) is 35.8. The number of hydrogen-bond acceptors (Lipinski definition) is 13. The van der Waals surface area contributed by atoms with Crippen molar-refractivity contribution in [3.05, 3.63) is 70.9 Å². The highest BCUT2D eigenvalue weighted by atomic mass is 16.7. The van der Waals surface area contributed by atoms with E-state index in [0.29, 0.717) is 12.0 Å². The highest BCUT2D eigenvalue weighted by Gasteiger charge is 2.55. The van der Waals surface area contributed by atoms with Gasteiger partial charge >= 0.3 is 11.9 Å². The lowest BCUT2D eigenvalue weighted by atomic mass is 9.76. The third kappa shape index (κ3) is 12.2. The summed E-state index contributed by atoms with van der Waals surface area (Å²) in [5, 5.41) is 46.9. The average molecular weight is 816 g/mol. The molecule has 0 aromatic heterocycles. The SMILES string of the molecule is CO/C1=C/C(C)=C\[C@@H](C)[C@H](O)[C@@H](C)C/C(C)=C/C=C/[C@H](OC)C([C@@H](C)[C@@H](O)[C@H](C)[C@]2(OC(=O)/C=C/C(=O)NC3=C(O)CCC3=O)C[C@H](O)[C@@H](C)[C@H](C(C)C)O2)OC1=O. The largest absolute Gasteiger partial charge is 0.510 e. The van der Waals surface area contributed by atoms with E-state index in [4.69, 9.17) is 23.7 Å². The Kier molecular flexibility index (Phi) is 17.7. The molecule has 14 heteroatoms. The minimum Gasteiger partial charge on any atom is -0.510 e. The standard InChI is InChI=1S/C44H65NO13/c1-23(2)41-28(7)33(48)22-44(58-41,57-37(50)18-17-36(49)45-38-31(46)15-16-32(38)47)30(9)40(52)29(8)42-34(54-10)14-12-13-24(3)19-26(5)39(51)27(6)20-25(4)21-35(55-11)43(53)56-42/h12-14,17-18,20-21,23,26-30,33-34,39-42,46,48,51-52H,15-16,19,22H2,1-11H3,(H,45,49)/b14-12+,18-17+,24-13+,25-20-,35-21+/t26-,27+,28+,29-,30-,33-,34-,39+,40+,41-,42?,44-/m0/s1. The lowest BCUT2D eigenvalue weighted by molar-refractivity contribution is -0.331. The van der Waals surface area contributed by atoms with E-state index in [1.165, 1.54) is 20.3 Å². The molecule has 1 fully saturated rings. The first-order valence-corrected chi connectivity index (χ1v) is 20.1. The molecule has 3 rings (SSSR count). The Labute approximate surface area is 342 Å². The molecule has 2 heterocycles. The number of carbonyl (C=O) groups is 4. The first-order chi connectivity index (χ1) is 27.2. The van der Waals surface area contributed by atoms with Crippen LogP contribution in [0.15, 0.2) is 70.9 Å². The van der Waals surface area contributed by atoms with Crippen molar-refractivity contribution in [1.82, 2.24) is 5.32 Å². The van der Waals surface area contributed by atoms with Crippen LogP contribution in [0.1, 0.15) is 88.0 Å². The van der Waals surface area contributed by atoms with Gasteiger partial charge in [0.2, 0.25) is 17.5 Å². The van der Waals surface area contributed by atoms with E-state index in [0.717, 1.165) is 17.7 Å². The van der Waals surface area contributed by atoms with Crippen LogP contribution in [0.2, 0.25) is 0 Å². The molecule has 0 radical (unpaired) electrons. The fourth-order valence-corrected chi connectivity index (χ4v) is 7.98. The number of carbonyl (C=O) groups excluding carboxylic acids is 4. The van der Waals surface area contributed by atoms with Gasteiger partial charge in [0.25, 0.3) is 0 Å². The zero-order valence-electron chi connectivity index (χ0n) is 35.8. The Morgan fingerprint density at radius 1 is 1.02 bits per heavy atom. The molecule has 0 bridgehead atoms. The number of aliphatic hydroxyl groups is 4. The predicted molar refractivity (Wildman–Crippen MR) is 215 cm³/mol. The van der Waals surface area contributed by atoms with Gasteiger partial charge in [0.05, 0.1) is 31.5 Å². The molecular formula is C44H65NO13. The van der Waals surface area contributed by atoms with Crippen LogP contribution in [-0.4, -0.2) is 101 Å². The number of Topliss-reactive ketones (excluding diaryl/α,β-unsaturated/α-hetero) is 1. The van der Waals surface area contributed by atoms with Gasteiger partial charge in [0.1, 0.15) is 23.7 Å². The molecule has 3 aliphatic rings. The van der Waals surface area contributed by atoms with Gasteiger partial charge in [-0.25, -0.2) is 9.59 Å². The van der Waals surface area contributed by atoms with Gasteiger partial charge in [0.15, 0.2) is 5.78 Å². The molecular weight excluding hydrogens is 750 g/mol. The molecule has 2 aliphatic heterocycles. The van der Waals surface area contributed by atoms with Crippen molar-refractivity contribution >= 4 is 23.6 Å². The number of ketones is 1. The van der Waals surface area contributed by atoms with E-state index in [1.54, 1.807) is 32.9 Å². The third-order valence-corrected chi connectivity index (χ3v) is 11.5. The smallest absolute Gasteiger partial charge is 0.373 e. The zero-order chi connectivity index (χ0) is 43.6. The van der Waals surface area contributed by atoms with E-state index >= 15 is 0 Å². The number of amides is 1. The summed E-state index contributed by atoms with van der Waals surface area (Å²) >= 11 is 0. The maximum atomic E-state index is 13.8. The lowest BCUT2D eigenvalue weighted by Gasteiger charge is -2.51. The average Bonchev–Trinajstić information content (AvgIpc) is 3.48. The Hall–Kier alpha value is -4.08. The van der Waals surface area contributed by atoms with E-state index in [1.807, 2.05) is 53.7 Å². The van der Waals surface area contributed by atoms with Crippen LogP contribution in [0.3, 0.4) is 0 Å². The molecule has 324 valence electrons. The van der Waals surface area contributed by atoms with E-state index in [9.17, 15) is 39.6 Å². The Bertz CT molecular complexity index is 1670. The second-order valence-corrected chi connectivity index (χ2v) is 16.5. The third-order valence-electron chi connectivity index (χ3n) is 11.5. The summed E-state index contributed by atoms with van der Waals surface area (Å²) in [5.41, 5.74) is 1.42. The van der Waals surface area contributed by atoms with Gasteiger partial charge in [-0.3, -0.25) is 9.59 Å². The highest BCUT2D eigenvalue weighted by Crippen LogP contribution is 2.44. The number of hydrogen-bond donors (Lipinski definition) is 5. The molecule has 5 N–H and O–H groups in total. The maximum Gasteiger partial charge on any atom is 0.373 e. The summed E-state index contributed by atoms with van der Waals surface area (Å²) in [6.45, 7) is 16.4. The lowest BCUT2D eigenvalue weighted by Crippen LogP contribution is -2.60. The Balaban J connectivity index is 2.05. The van der Waals surface area contributed by atoms with Crippen molar-refractivity contribution in [3.63, 3.8) is 0 Å². The number of rotatable bonds is 11. The molecule has 1 unspecified atom stereocenters. The van der Waals surface area contributed by atoms with E-state index in [-0.39, 0.29) is 60.1 Å². The monoisotopic (exact) mass is 815 g/mol. The predicted octanol–water partition coefficient (Wildman–Crippen LogP) is 5.05. The molecule has 14 nitrogen and oxygen atoms in total. The molecule has 12 atom stereocenters. The Morgan fingerprint density at radius 3 is 2.28 bits per heavy atom.